The lowest BCUT2D eigenvalue weighted by Crippen LogP contribution is -2.21. The molecule has 0 aliphatic rings. The molecule has 0 bridgehead atoms. The molecule has 3 aromatic carbocycles. The molecule has 0 aromatic heterocycles. The first kappa shape index (κ1) is 18.3. The molecule has 0 saturated carbocycles. The second-order valence-corrected chi connectivity index (χ2v) is 5.81. The zero-order valence-electron chi connectivity index (χ0n) is 14.9. The SMILES string of the molecule is O=C(CNc1ccccc1)Nc1cccc(OCCOc2ccccc2)c1. The second-order valence-electron chi connectivity index (χ2n) is 5.81. The zero-order chi connectivity index (χ0) is 18.7. The van der Waals surface area contributed by atoms with Crippen molar-refractivity contribution < 1.29 is 14.3 Å². The highest BCUT2D eigenvalue weighted by molar-refractivity contribution is 5.93. The van der Waals surface area contributed by atoms with Crippen LogP contribution in [0.15, 0.2) is 84.9 Å². The maximum Gasteiger partial charge on any atom is 0.243 e. The Balaban J connectivity index is 1.42. The molecule has 0 fully saturated rings. The van der Waals surface area contributed by atoms with Crippen molar-refractivity contribution in [2.75, 3.05) is 30.4 Å². The molecule has 5 heteroatoms. The Morgan fingerprint density at radius 3 is 2.04 bits per heavy atom. The number of ether oxygens (including phenoxy) is 2. The fourth-order valence-corrected chi connectivity index (χ4v) is 2.44. The third-order valence-corrected chi connectivity index (χ3v) is 3.71. The van der Waals surface area contributed by atoms with Crippen LogP contribution in [0.4, 0.5) is 11.4 Å². The van der Waals surface area contributed by atoms with E-state index in [0.29, 0.717) is 24.7 Å². The number of rotatable bonds is 9. The van der Waals surface area contributed by atoms with Gasteiger partial charge in [-0.1, -0.05) is 42.5 Å². The lowest BCUT2D eigenvalue weighted by molar-refractivity contribution is -0.114. The summed E-state index contributed by atoms with van der Waals surface area (Å²) in [4.78, 5) is 12.1. The van der Waals surface area contributed by atoms with Gasteiger partial charge in [-0.05, 0) is 36.4 Å². The van der Waals surface area contributed by atoms with Crippen molar-refractivity contribution >= 4 is 17.3 Å². The summed E-state index contributed by atoms with van der Waals surface area (Å²) in [6.45, 7) is 1.06. The standard InChI is InChI=1S/C22H22N2O3/c25-22(17-23-18-8-3-1-4-9-18)24-19-10-7-13-21(16-19)27-15-14-26-20-11-5-2-6-12-20/h1-13,16,23H,14-15,17H2,(H,24,25). The van der Waals surface area contributed by atoms with E-state index in [9.17, 15) is 4.79 Å². The summed E-state index contributed by atoms with van der Waals surface area (Å²) in [6.07, 6.45) is 0. The van der Waals surface area contributed by atoms with Crippen LogP contribution < -0.4 is 20.1 Å². The Labute approximate surface area is 158 Å². The fraction of sp³-hybridized carbons (Fsp3) is 0.136. The highest BCUT2D eigenvalue weighted by atomic mass is 16.5. The third-order valence-electron chi connectivity index (χ3n) is 3.71. The Bertz CT molecular complexity index is 838. The maximum atomic E-state index is 12.1. The molecule has 138 valence electrons. The van der Waals surface area contributed by atoms with Gasteiger partial charge in [0.25, 0.3) is 0 Å². The van der Waals surface area contributed by atoms with Crippen LogP contribution in [-0.2, 0) is 4.79 Å². The third kappa shape index (κ3) is 6.40. The zero-order valence-corrected chi connectivity index (χ0v) is 14.9. The van der Waals surface area contributed by atoms with Crippen molar-refractivity contribution in [2.24, 2.45) is 0 Å². The minimum absolute atomic E-state index is 0.122. The van der Waals surface area contributed by atoms with E-state index in [2.05, 4.69) is 10.6 Å². The molecule has 1 amide bonds. The van der Waals surface area contributed by atoms with E-state index in [1.807, 2.05) is 78.9 Å². The first-order valence-corrected chi connectivity index (χ1v) is 8.79. The predicted octanol–water partition coefficient (Wildman–Crippen LogP) is 4.20. The Morgan fingerprint density at radius 1 is 0.704 bits per heavy atom. The highest BCUT2D eigenvalue weighted by Crippen LogP contribution is 2.17. The number of carbonyl (C=O) groups is 1. The van der Waals surface area contributed by atoms with Crippen molar-refractivity contribution in [1.29, 1.82) is 0 Å². The van der Waals surface area contributed by atoms with Gasteiger partial charge in [0, 0.05) is 17.4 Å². The molecule has 0 spiro atoms. The molecule has 3 rings (SSSR count). The molecular weight excluding hydrogens is 340 g/mol. The van der Waals surface area contributed by atoms with Gasteiger partial charge in [0.2, 0.25) is 5.91 Å². The van der Waals surface area contributed by atoms with Crippen LogP contribution in [0.25, 0.3) is 0 Å². The van der Waals surface area contributed by atoms with Gasteiger partial charge in [0.1, 0.15) is 24.7 Å². The monoisotopic (exact) mass is 362 g/mol. The van der Waals surface area contributed by atoms with Gasteiger partial charge in [0.15, 0.2) is 0 Å². The van der Waals surface area contributed by atoms with Crippen LogP contribution in [-0.4, -0.2) is 25.7 Å². The van der Waals surface area contributed by atoms with Crippen LogP contribution in [0.5, 0.6) is 11.5 Å². The van der Waals surface area contributed by atoms with Crippen molar-refractivity contribution in [3.05, 3.63) is 84.9 Å². The van der Waals surface area contributed by atoms with Gasteiger partial charge in [-0.25, -0.2) is 0 Å². The number of hydrogen-bond acceptors (Lipinski definition) is 4. The second kappa shape index (κ2) is 9.87. The van der Waals surface area contributed by atoms with Crippen LogP contribution in [0.3, 0.4) is 0 Å². The number of nitrogens with one attached hydrogen (secondary N) is 2. The predicted molar refractivity (Wildman–Crippen MR) is 107 cm³/mol. The Kier molecular flexibility index (Phi) is 6.70. The maximum absolute atomic E-state index is 12.1. The van der Waals surface area contributed by atoms with Gasteiger partial charge < -0.3 is 20.1 Å². The molecule has 0 saturated heterocycles. The summed E-state index contributed by atoms with van der Waals surface area (Å²) in [5.74, 6) is 1.37. The number of carbonyl (C=O) groups excluding carboxylic acids is 1. The summed E-state index contributed by atoms with van der Waals surface area (Å²) in [5.41, 5.74) is 1.60. The lowest BCUT2D eigenvalue weighted by atomic mass is 10.3. The average Bonchev–Trinajstić information content (AvgIpc) is 2.72. The molecule has 0 atom stereocenters. The van der Waals surface area contributed by atoms with Gasteiger partial charge in [-0.15, -0.1) is 0 Å². The smallest absolute Gasteiger partial charge is 0.243 e. The summed E-state index contributed by atoms with van der Waals surface area (Å²) >= 11 is 0. The molecular formula is C22H22N2O3. The Hall–Kier alpha value is -3.47. The minimum Gasteiger partial charge on any atom is -0.490 e. The van der Waals surface area contributed by atoms with Gasteiger partial charge >= 0.3 is 0 Å². The Morgan fingerprint density at radius 2 is 1.30 bits per heavy atom. The van der Waals surface area contributed by atoms with E-state index >= 15 is 0 Å². The molecule has 0 heterocycles. The summed E-state index contributed by atoms with van der Waals surface area (Å²) < 4.78 is 11.3. The first-order valence-electron chi connectivity index (χ1n) is 8.79. The van der Waals surface area contributed by atoms with Crippen LogP contribution >= 0.6 is 0 Å². The van der Waals surface area contributed by atoms with Crippen LogP contribution in [0, 0.1) is 0 Å². The lowest BCUT2D eigenvalue weighted by Gasteiger charge is -2.11. The number of hydrogen-bond donors (Lipinski definition) is 2. The van der Waals surface area contributed by atoms with Gasteiger partial charge in [0.05, 0.1) is 6.54 Å². The summed E-state index contributed by atoms with van der Waals surface area (Å²) in [5, 5.41) is 5.93. The van der Waals surface area contributed by atoms with E-state index in [1.165, 1.54) is 0 Å². The molecule has 5 nitrogen and oxygen atoms in total. The number of anilines is 2. The minimum atomic E-state index is -0.122. The summed E-state index contributed by atoms with van der Waals surface area (Å²) in [6, 6.07) is 26.5. The van der Waals surface area contributed by atoms with Gasteiger partial charge in [-0.2, -0.15) is 0 Å². The summed E-state index contributed by atoms with van der Waals surface area (Å²) in [7, 11) is 0. The first-order chi connectivity index (χ1) is 13.3. The van der Waals surface area contributed by atoms with Crippen molar-refractivity contribution in [2.45, 2.75) is 0 Å². The van der Waals surface area contributed by atoms with E-state index in [1.54, 1.807) is 6.07 Å². The number of para-hydroxylation sites is 2. The fourth-order valence-electron chi connectivity index (χ4n) is 2.44. The quantitative estimate of drug-likeness (QED) is 0.560. The molecule has 2 N–H and O–H groups in total. The topological polar surface area (TPSA) is 59.6 Å². The van der Waals surface area contributed by atoms with Gasteiger partial charge in [-0.3, -0.25) is 4.79 Å². The van der Waals surface area contributed by atoms with E-state index in [0.717, 1.165) is 11.4 Å². The van der Waals surface area contributed by atoms with E-state index in [-0.39, 0.29) is 12.5 Å². The van der Waals surface area contributed by atoms with Crippen molar-refractivity contribution in [3.8, 4) is 11.5 Å². The molecule has 3 aromatic rings. The van der Waals surface area contributed by atoms with Crippen LogP contribution in [0.2, 0.25) is 0 Å². The molecule has 0 radical (unpaired) electrons. The molecule has 0 aliphatic carbocycles. The number of benzene rings is 3. The molecule has 0 aliphatic heterocycles. The number of amides is 1. The molecule has 0 unspecified atom stereocenters. The van der Waals surface area contributed by atoms with Crippen LogP contribution in [0.1, 0.15) is 0 Å². The molecule has 27 heavy (non-hydrogen) atoms. The van der Waals surface area contributed by atoms with Crippen molar-refractivity contribution in [1.82, 2.24) is 0 Å². The largest absolute Gasteiger partial charge is 0.490 e. The van der Waals surface area contributed by atoms with E-state index in [4.69, 9.17) is 9.47 Å². The van der Waals surface area contributed by atoms with Crippen molar-refractivity contribution in [3.63, 3.8) is 0 Å². The average molecular weight is 362 g/mol. The van der Waals surface area contributed by atoms with E-state index < -0.39 is 0 Å². The normalized spacial score (nSPS) is 10.1. The highest BCUT2D eigenvalue weighted by Gasteiger charge is 2.04.